The van der Waals surface area contributed by atoms with E-state index in [0.717, 1.165) is 0 Å². The molecule has 0 bridgehead atoms. The molecule has 0 fully saturated rings. The number of rotatable bonds is 0. The molecule has 0 saturated heterocycles. The molecule has 0 radical (unpaired) electrons. The first-order valence-corrected chi connectivity index (χ1v) is 0. The van der Waals surface area contributed by atoms with Crippen LogP contribution in [0, 0.1) is 0 Å². The summed E-state index contributed by atoms with van der Waals surface area (Å²) >= 11 is 0. The topological polar surface area (TPSA) is 0 Å². The van der Waals surface area contributed by atoms with Crippen LogP contribution in [0.25, 0.3) is 0 Å². The van der Waals surface area contributed by atoms with E-state index in [0.29, 0.717) is 0 Å². The van der Waals surface area contributed by atoms with E-state index >= 15 is 0 Å². The fourth-order valence-corrected chi connectivity index (χ4v) is 0. The Morgan fingerprint density at radius 1 is 1.20 bits per heavy atom. The molecular weight excluding hydrogens is 309 g/mol. The number of hydrogen-bond acceptors (Lipinski definition) is 0. The van der Waals surface area contributed by atoms with Gasteiger partial charge in [0.15, 0.2) is 0 Å². The third-order valence-electron chi connectivity index (χ3n) is 0. The maximum absolute atomic E-state index is 0. The zero-order valence-corrected chi connectivity index (χ0v) is 10.9. The summed E-state index contributed by atoms with van der Waals surface area (Å²) < 4.78 is 0. The van der Waals surface area contributed by atoms with Gasteiger partial charge in [0.2, 0.25) is 0 Å². The maximum Gasteiger partial charge on any atom is 0 e. The Hall–Kier alpha value is 3.48. The van der Waals surface area contributed by atoms with Gasteiger partial charge in [-0.15, -0.1) is 0 Å². The molecule has 0 unspecified atom stereocenters. The third-order valence-corrected chi connectivity index (χ3v) is 0. The first-order chi connectivity index (χ1) is 0. The van der Waals surface area contributed by atoms with Crippen LogP contribution in [0.5, 0.6) is 0 Å². The monoisotopic (exact) mass is 318 g/mol. The predicted octanol–water partition coefficient (Wildman–Crippen LogP) is -2.53. The van der Waals surface area contributed by atoms with Crippen molar-refractivity contribution < 1.29 is 39.7 Å². The van der Waals surface area contributed by atoms with Gasteiger partial charge in [-0.3, -0.25) is 0 Å². The molecule has 0 heterocycles. The summed E-state index contributed by atoms with van der Waals surface area (Å²) in [7, 11) is 0. The Kier molecular flexibility index (Phi) is 203. The smallest absolute Gasteiger partial charge is 0 e. The fraction of sp³-hybridized carbons (Fsp3) is 0. The first-order valence-electron chi connectivity index (χ1n) is 0. The largest absolute Gasteiger partial charge is 0 e. The molecule has 0 aromatic heterocycles. The molecule has 5 heavy (non-hydrogen) atoms. The molecule has 0 aromatic rings. The molecule has 0 aromatic carbocycles. The van der Waals surface area contributed by atoms with Gasteiger partial charge in [-0.1, -0.05) is 0 Å². The van der Waals surface area contributed by atoms with Gasteiger partial charge in [0.05, 0.1) is 0 Å². The van der Waals surface area contributed by atoms with E-state index in [4.69, 9.17) is 0 Å². The van der Waals surface area contributed by atoms with Crippen molar-refractivity contribution in [2.24, 2.45) is 0 Å². The minimum absolute atomic E-state index is 0. The van der Waals surface area contributed by atoms with Crippen molar-refractivity contribution in [3.05, 3.63) is 0 Å². The fourth-order valence-electron chi connectivity index (χ4n) is 0. The average molecular weight is 317 g/mol. The van der Waals surface area contributed by atoms with Gasteiger partial charge >= 0.3 is 72.4 Å². The second kappa shape index (κ2) is 25.9. The van der Waals surface area contributed by atoms with E-state index in [1.165, 1.54) is 0 Å². The summed E-state index contributed by atoms with van der Waals surface area (Å²) in [6.07, 6.45) is 0. The van der Waals surface area contributed by atoms with E-state index in [1.54, 1.807) is 0 Å². The van der Waals surface area contributed by atoms with Crippen molar-refractivity contribution in [1.82, 2.24) is 0 Å². The van der Waals surface area contributed by atoms with Crippen LogP contribution < -0.4 is 0 Å². The van der Waals surface area contributed by atoms with Gasteiger partial charge in [-0.2, -0.15) is 0 Å². The second-order valence-corrected chi connectivity index (χ2v) is 0. The maximum atomic E-state index is 0. The van der Waals surface area contributed by atoms with Crippen molar-refractivity contribution in [2.75, 3.05) is 0 Å². The van der Waals surface area contributed by atoms with E-state index in [1.807, 2.05) is 0 Å². The minimum Gasteiger partial charge on any atom is 0 e. The summed E-state index contributed by atoms with van der Waals surface area (Å²) in [6, 6.07) is 0. The molecule has 0 spiro atoms. The molecule has 0 atom stereocenters. The van der Waals surface area contributed by atoms with Gasteiger partial charge in [0.1, 0.15) is 0 Å². The van der Waals surface area contributed by atoms with E-state index < -0.39 is 0 Å². The summed E-state index contributed by atoms with van der Waals surface area (Å²) in [6.45, 7) is 0. The van der Waals surface area contributed by atoms with Crippen LogP contribution in [-0.4, -0.2) is 72.4 Å². The Morgan fingerprint density at radius 3 is 1.20 bits per heavy atom. The zero-order valence-electron chi connectivity index (χ0n) is 4.32. The van der Waals surface area contributed by atoms with Crippen LogP contribution in [0.1, 0.15) is 2.85 Å². The molecule has 0 aliphatic carbocycles. The van der Waals surface area contributed by atoms with Crippen LogP contribution >= 0.6 is 0 Å². The molecule has 0 rings (SSSR count). The standard InChI is InChI=1S/Ca.Cr.GeH4.H2Se.Zn.2H/h;;1H4;1H2;;;/q+2;;;;;2*-1. The molecule has 0 aliphatic heterocycles. The van der Waals surface area contributed by atoms with Gasteiger partial charge in [-0.25, -0.2) is 0 Å². The minimum atomic E-state index is 0. The quantitative estimate of drug-likeness (QED) is 0.433. The number of hydrogen-bond donors (Lipinski definition) is 0. The Bertz CT molecular complexity index is 17.7. The van der Waals surface area contributed by atoms with Crippen LogP contribution in [0.4, 0.5) is 0 Å². The molecule has 0 nitrogen and oxygen atoms in total. The van der Waals surface area contributed by atoms with Gasteiger partial charge in [0, 0.05) is 36.8 Å². The van der Waals surface area contributed by atoms with E-state index in [-0.39, 0.29) is 112 Å². The molecule has 5 heteroatoms. The zero-order chi connectivity index (χ0) is 0. The van der Waals surface area contributed by atoms with Crippen molar-refractivity contribution in [1.29, 1.82) is 0 Å². The van der Waals surface area contributed by atoms with Crippen molar-refractivity contribution in [3.8, 4) is 0 Å². The van der Waals surface area contributed by atoms with Crippen LogP contribution in [0.2, 0.25) is 0 Å². The van der Waals surface area contributed by atoms with Gasteiger partial charge in [0.25, 0.3) is 0 Å². The van der Waals surface area contributed by atoms with Crippen molar-refractivity contribution >= 4 is 72.4 Å². The molecule has 0 N–H and O–H groups in total. The summed E-state index contributed by atoms with van der Waals surface area (Å²) in [4.78, 5) is 0. The first kappa shape index (κ1) is 39.2. The SMILES string of the molecule is [Ca+2].[Cr].[GeH4].[H-].[H-].[SeH2].[Zn]. The van der Waals surface area contributed by atoms with E-state index in [9.17, 15) is 0 Å². The van der Waals surface area contributed by atoms with Gasteiger partial charge < -0.3 is 2.85 Å². The molecule has 28 valence electrons. The average Bonchev–Trinajstić information content (AvgIpc) is 0. The summed E-state index contributed by atoms with van der Waals surface area (Å²) in [5.74, 6) is 0. The summed E-state index contributed by atoms with van der Waals surface area (Å²) in [5, 5.41) is 0. The Morgan fingerprint density at radius 2 is 1.20 bits per heavy atom. The summed E-state index contributed by atoms with van der Waals surface area (Å²) in [5.41, 5.74) is 0. The van der Waals surface area contributed by atoms with Crippen LogP contribution in [0.3, 0.4) is 0 Å². The van der Waals surface area contributed by atoms with Crippen molar-refractivity contribution in [2.45, 2.75) is 0 Å². The van der Waals surface area contributed by atoms with E-state index in [2.05, 4.69) is 0 Å². The van der Waals surface area contributed by atoms with Crippen molar-refractivity contribution in [3.63, 3.8) is 0 Å². The molecule has 0 aliphatic rings. The Labute approximate surface area is 110 Å². The van der Waals surface area contributed by atoms with Crippen LogP contribution in [0.15, 0.2) is 0 Å². The normalized spacial score (nSPS) is 0. The third kappa shape index (κ3) is 18.6. The second-order valence-electron chi connectivity index (χ2n) is 0. The molecule has 0 amide bonds. The van der Waals surface area contributed by atoms with Gasteiger partial charge in [-0.05, 0) is 0 Å². The predicted molar refractivity (Wildman–Crippen MR) is 27.9 cm³/mol. The Balaban J connectivity index is 0. The molecular formula is H8CaCrGeSeZn. The molecule has 0 saturated carbocycles. The van der Waals surface area contributed by atoms with Crippen LogP contribution in [-0.2, 0) is 36.8 Å².